The van der Waals surface area contributed by atoms with Gasteiger partial charge in [0.2, 0.25) is 0 Å². The molecule has 0 atom stereocenters. The monoisotopic (exact) mass is 273 g/mol. The molecule has 2 aromatic rings. The molecule has 0 bridgehead atoms. The van der Waals surface area contributed by atoms with Gasteiger partial charge in [0, 0.05) is 43.9 Å². The smallest absolute Gasteiger partial charge is 0.195 e. The van der Waals surface area contributed by atoms with Crippen molar-refractivity contribution in [2.24, 2.45) is 0 Å². The van der Waals surface area contributed by atoms with Crippen molar-refractivity contribution in [2.75, 3.05) is 31.1 Å². The summed E-state index contributed by atoms with van der Waals surface area (Å²) in [5.41, 5.74) is 5.86. The van der Waals surface area contributed by atoms with Crippen LogP contribution in [-0.4, -0.2) is 31.2 Å². The van der Waals surface area contributed by atoms with E-state index in [1.807, 2.05) is 0 Å². The summed E-state index contributed by atoms with van der Waals surface area (Å²) < 4.78 is 5.87. The molecule has 1 aromatic carbocycles. The van der Waals surface area contributed by atoms with E-state index in [2.05, 4.69) is 42.0 Å². The van der Waals surface area contributed by atoms with Crippen molar-refractivity contribution in [3.8, 4) is 0 Å². The van der Waals surface area contributed by atoms with Gasteiger partial charge in [0.05, 0.1) is 0 Å². The molecule has 20 heavy (non-hydrogen) atoms. The summed E-state index contributed by atoms with van der Waals surface area (Å²) in [5, 5.41) is 3.41. The lowest BCUT2D eigenvalue weighted by Gasteiger charge is -2.32. The van der Waals surface area contributed by atoms with Crippen LogP contribution in [0.25, 0.3) is 11.1 Å². The minimum Gasteiger partial charge on any atom is -0.441 e. The molecule has 0 unspecified atom stereocenters. The molecule has 1 N–H and O–H groups in total. The Morgan fingerprint density at radius 1 is 1.30 bits per heavy atom. The molecule has 1 aliphatic heterocycles. The van der Waals surface area contributed by atoms with Crippen molar-refractivity contribution in [2.45, 2.75) is 33.6 Å². The first-order valence-electron chi connectivity index (χ1n) is 7.56. The molecule has 4 nitrogen and oxygen atoms in total. The molecule has 3 rings (SSSR count). The molecule has 2 heterocycles. The fraction of sp³-hybridized carbons (Fsp3) is 0.562. The highest BCUT2D eigenvalue weighted by Crippen LogP contribution is 2.32. The van der Waals surface area contributed by atoms with E-state index in [0.29, 0.717) is 0 Å². The number of anilines is 1. The van der Waals surface area contributed by atoms with E-state index in [1.165, 1.54) is 16.8 Å². The molecular weight excluding hydrogens is 250 g/mol. The first kappa shape index (κ1) is 13.4. The third kappa shape index (κ3) is 2.29. The molecule has 1 saturated heterocycles. The van der Waals surface area contributed by atoms with Gasteiger partial charge in [-0.25, -0.2) is 4.98 Å². The molecule has 0 amide bonds. The molecule has 1 aliphatic rings. The normalized spacial score (nSPS) is 16.1. The highest BCUT2D eigenvalue weighted by Gasteiger charge is 2.19. The van der Waals surface area contributed by atoms with Crippen LogP contribution in [0, 0.1) is 13.8 Å². The lowest BCUT2D eigenvalue weighted by atomic mass is 10.1. The molecule has 1 fully saturated rings. The maximum Gasteiger partial charge on any atom is 0.195 e. The van der Waals surface area contributed by atoms with Crippen LogP contribution in [0.3, 0.4) is 0 Å². The molecule has 0 radical (unpaired) electrons. The maximum absolute atomic E-state index is 5.87. The van der Waals surface area contributed by atoms with Gasteiger partial charge in [0.1, 0.15) is 5.52 Å². The van der Waals surface area contributed by atoms with E-state index in [4.69, 9.17) is 4.42 Å². The number of aryl methyl sites for hydroxylation is 3. The summed E-state index contributed by atoms with van der Waals surface area (Å²) in [5.74, 6) is 0.863. The van der Waals surface area contributed by atoms with E-state index < -0.39 is 0 Å². The van der Waals surface area contributed by atoms with Gasteiger partial charge in [-0.05, 0) is 31.9 Å². The van der Waals surface area contributed by atoms with Crippen molar-refractivity contribution in [1.29, 1.82) is 0 Å². The van der Waals surface area contributed by atoms with Gasteiger partial charge < -0.3 is 14.6 Å². The summed E-state index contributed by atoms with van der Waals surface area (Å²) in [6.45, 7) is 10.7. The summed E-state index contributed by atoms with van der Waals surface area (Å²) >= 11 is 0. The van der Waals surface area contributed by atoms with Gasteiger partial charge in [0.15, 0.2) is 11.5 Å². The van der Waals surface area contributed by atoms with Crippen molar-refractivity contribution >= 4 is 16.8 Å². The van der Waals surface area contributed by atoms with Crippen LogP contribution in [0.2, 0.25) is 0 Å². The second-order valence-electron chi connectivity index (χ2n) is 5.61. The highest BCUT2D eigenvalue weighted by atomic mass is 16.3. The second-order valence-corrected chi connectivity index (χ2v) is 5.61. The number of piperazine rings is 1. The van der Waals surface area contributed by atoms with Gasteiger partial charge in [-0.1, -0.05) is 6.92 Å². The molecule has 0 saturated carbocycles. The van der Waals surface area contributed by atoms with E-state index in [-0.39, 0.29) is 0 Å². The average molecular weight is 273 g/mol. The van der Waals surface area contributed by atoms with E-state index >= 15 is 0 Å². The van der Waals surface area contributed by atoms with Crippen LogP contribution in [0.4, 0.5) is 5.69 Å². The van der Waals surface area contributed by atoms with Gasteiger partial charge >= 0.3 is 0 Å². The topological polar surface area (TPSA) is 41.3 Å². The third-order valence-electron chi connectivity index (χ3n) is 4.03. The number of hydrogen-bond acceptors (Lipinski definition) is 4. The highest BCUT2D eigenvalue weighted by molar-refractivity contribution is 5.85. The standard InChI is InChI=1S/C16H23N3O/c1-4-5-14-18-15-12(3)16(11(2)10-13(15)20-14)19-8-6-17-7-9-19/h10,17H,4-9H2,1-3H3. The molecular formula is C16H23N3O. The fourth-order valence-electron chi connectivity index (χ4n) is 3.11. The average Bonchev–Trinajstić information content (AvgIpc) is 2.83. The minimum absolute atomic E-state index is 0.863. The van der Waals surface area contributed by atoms with Crippen molar-refractivity contribution in [1.82, 2.24) is 10.3 Å². The Balaban J connectivity index is 2.07. The van der Waals surface area contributed by atoms with E-state index in [9.17, 15) is 0 Å². The number of nitrogens with zero attached hydrogens (tertiary/aromatic N) is 2. The predicted molar refractivity (Wildman–Crippen MR) is 82.6 cm³/mol. The summed E-state index contributed by atoms with van der Waals surface area (Å²) in [6.07, 6.45) is 1.98. The summed E-state index contributed by atoms with van der Waals surface area (Å²) in [6, 6.07) is 2.14. The number of benzene rings is 1. The van der Waals surface area contributed by atoms with Crippen LogP contribution in [0.5, 0.6) is 0 Å². The molecule has 0 spiro atoms. The van der Waals surface area contributed by atoms with Crippen LogP contribution >= 0.6 is 0 Å². The Bertz CT molecular complexity index is 612. The van der Waals surface area contributed by atoms with Gasteiger partial charge in [-0.3, -0.25) is 0 Å². The lowest BCUT2D eigenvalue weighted by Crippen LogP contribution is -2.44. The Kier molecular flexibility index (Phi) is 3.66. The Labute approximate surface area is 120 Å². The number of aromatic nitrogens is 1. The van der Waals surface area contributed by atoms with Gasteiger partial charge in [-0.15, -0.1) is 0 Å². The van der Waals surface area contributed by atoms with Gasteiger partial charge in [-0.2, -0.15) is 0 Å². The summed E-state index contributed by atoms with van der Waals surface area (Å²) in [7, 11) is 0. The van der Waals surface area contributed by atoms with E-state index in [1.54, 1.807) is 0 Å². The number of fused-ring (bicyclic) bond motifs is 1. The lowest BCUT2D eigenvalue weighted by molar-refractivity contribution is 0.525. The SMILES string of the molecule is CCCc1nc2c(C)c(N3CCNCC3)c(C)cc2o1. The Hall–Kier alpha value is -1.55. The molecule has 108 valence electrons. The third-order valence-corrected chi connectivity index (χ3v) is 4.03. The minimum atomic E-state index is 0.863. The molecule has 1 aromatic heterocycles. The first-order chi connectivity index (χ1) is 9.70. The Morgan fingerprint density at radius 3 is 2.75 bits per heavy atom. The van der Waals surface area contributed by atoms with Crippen LogP contribution in [0.15, 0.2) is 10.5 Å². The number of nitrogens with one attached hydrogen (secondary N) is 1. The number of oxazole rings is 1. The van der Waals surface area contributed by atoms with E-state index in [0.717, 1.165) is 56.0 Å². The van der Waals surface area contributed by atoms with Crippen molar-refractivity contribution in [3.63, 3.8) is 0 Å². The zero-order chi connectivity index (χ0) is 14.1. The van der Waals surface area contributed by atoms with Crippen LogP contribution < -0.4 is 10.2 Å². The maximum atomic E-state index is 5.87. The fourth-order valence-corrected chi connectivity index (χ4v) is 3.11. The van der Waals surface area contributed by atoms with Crippen molar-refractivity contribution < 1.29 is 4.42 Å². The quantitative estimate of drug-likeness (QED) is 0.933. The molecule has 0 aliphatic carbocycles. The van der Waals surface area contributed by atoms with Crippen LogP contribution in [0.1, 0.15) is 30.4 Å². The zero-order valence-electron chi connectivity index (χ0n) is 12.6. The Morgan fingerprint density at radius 2 is 2.05 bits per heavy atom. The van der Waals surface area contributed by atoms with Crippen LogP contribution in [-0.2, 0) is 6.42 Å². The number of rotatable bonds is 3. The zero-order valence-corrected chi connectivity index (χ0v) is 12.6. The summed E-state index contributed by atoms with van der Waals surface area (Å²) in [4.78, 5) is 7.16. The van der Waals surface area contributed by atoms with Gasteiger partial charge in [0.25, 0.3) is 0 Å². The van der Waals surface area contributed by atoms with Crippen molar-refractivity contribution in [3.05, 3.63) is 23.1 Å². The predicted octanol–water partition coefficient (Wildman–Crippen LogP) is 2.81. The largest absolute Gasteiger partial charge is 0.441 e. The number of hydrogen-bond donors (Lipinski definition) is 1. The first-order valence-corrected chi connectivity index (χ1v) is 7.56. The second kappa shape index (κ2) is 5.44. The molecule has 4 heteroatoms.